The Morgan fingerprint density at radius 3 is 2.44 bits per heavy atom. The van der Waals surface area contributed by atoms with Gasteiger partial charge in [-0.2, -0.15) is 0 Å². The van der Waals surface area contributed by atoms with Gasteiger partial charge in [-0.3, -0.25) is 0 Å². The number of anilines is 1. The van der Waals surface area contributed by atoms with Crippen molar-refractivity contribution in [3.63, 3.8) is 0 Å². The van der Waals surface area contributed by atoms with Crippen LogP contribution in [-0.4, -0.2) is 0 Å². The maximum Gasteiger partial charge on any atom is 0.0403 e. The predicted molar refractivity (Wildman–Crippen MR) is 84.9 cm³/mol. The maximum atomic E-state index is 3.51. The summed E-state index contributed by atoms with van der Waals surface area (Å²) in [6.45, 7) is 0.924. The number of halogens is 1. The monoisotopic (exact) mass is 349 g/mol. The third-order valence-corrected chi connectivity index (χ3v) is 4.12. The van der Waals surface area contributed by atoms with Crippen LogP contribution in [0, 0.1) is 3.57 Å². The van der Waals surface area contributed by atoms with Gasteiger partial charge in [0, 0.05) is 15.8 Å². The van der Waals surface area contributed by atoms with Gasteiger partial charge in [-0.15, -0.1) is 0 Å². The van der Waals surface area contributed by atoms with Crippen molar-refractivity contribution in [1.29, 1.82) is 0 Å². The number of nitrogens with one attached hydrogen (secondary N) is 1. The normalized spacial score (nSPS) is 14.5. The highest BCUT2D eigenvalue weighted by Gasteiger charge is 2.25. The van der Waals surface area contributed by atoms with E-state index in [2.05, 4.69) is 76.4 Å². The molecule has 0 saturated heterocycles. The highest BCUT2D eigenvalue weighted by molar-refractivity contribution is 14.1. The molecule has 0 spiro atoms. The second-order valence-electron chi connectivity index (χ2n) is 4.83. The second-order valence-corrected chi connectivity index (χ2v) is 6.08. The van der Waals surface area contributed by atoms with Crippen molar-refractivity contribution in [2.45, 2.75) is 25.3 Å². The molecule has 0 bridgehead atoms. The van der Waals surface area contributed by atoms with E-state index in [1.807, 2.05) is 0 Å². The average Bonchev–Trinajstić information content (AvgIpc) is 3.23. The lowest BCUT2D eigenvalue weighted by molar-refractivity contribution is 1.04. The Balaban J connectivity index is 1.71. The first-order valence-corrected chi connectivity index (χ1v) is 7.48. The number of hydrogen-bond acceptors (Lipinski definition) is 1. The molecule has 1 aliphatic carbocycles. The van der Waals surface area contributed by atoms with Crippen LogP contribution in [0.3, 0.4) is 0 Å². The first-order valence-electron chi connectivity index (χ1n) is 6.40. The number of rotatable bonds is 4. The molecule has 0 radical (unpaired) electrons. The molecule has 92 valence electrons. The van der Waals surface area contributed by atoms with Crippen molar-refractivity contribution in [3.05, 3.63) is 63.2 Å². The molecule has 1 nitrogen and oxygen atoms in total. The van der Waals surface area contributed by atoms with Gasteiger partial charge in [0.25, 0.3) is 0 Å². The molecule has 1 saturated carbocycles. The number of benzene rings is 2. The summed E-state index contributed by atoms with van der Waals surface area (Å²) in [4.78, 5) is 0. The lowest BCUT2D eigenvalue weighted by Crippen LogP contribution is -2.02. The smallest absolute Gasteiger partial charge is 0.0403 e. The van der Waals surface area contributed by atoms with E-state index in [1.54, 1.807) is 0 Å². The van der Waals surface area contributed by atoms with Gasteiger partial charge >= 0.3 is 0 Å². The molecule has 2 heteroatoms. The Hall–Kier alpha value is -1.03. The minimum Gasteiger partial charge on any atom is -0.381 e. The highest BCUT2D eigenvalue weighted by atomic mass is 127. The van der Waals surface area contributed by atoms with Crippen molar-refractivity contribution in [2.75, 3.05) is 5.32 Å². The molecule has 18 heavy (non-hydrogen) atoms. The van der Waals surface area contributed by atoms with Crippen LogP contribution in [0.5, 0.6) is 0 Å². The quantitative estimate of drug-likeness (QED) is 0.784. The van der Waals surface area contributed by atoms with Gasteiger partial charge in [0.15, 0.2) is 0 Å². The lowest BCUT2D eigenvalue weighted by Gasteiger charge is -2.11. The van der Waals surface area contributed by atoms with Gasteiger partial charge in [0.05, 0.1) is 0 Å². The molecule has 0 amide bonds. The maximum absolute atomic E-state index is 3.51. The van der Waals surface area contributed by atoms with Crippen LogP contribution in [0.2, 0.25) is 0 Å². The molecule has 0 aliphatic heterocycles. The summed E-state index contributed by atoms with van der Waals surface area (Å²) in [5, 5.41) is 3.51. The fourth-order valence-electron chi connectivity index (χ4n) is 2.25. The molecule has 2 aromatic carbocycles. The SMILES string of the molecule is Ic1ccc(NCc2ccccc2C2CC2)cc1. The fraction of sp³-hybridized carbons (Fsp3) is 0.250. The summed E-state index contributed by atoms with van der Waals surface area (Å²) < 4.78 is 1.27. The predicted octanol–water partition coefficient (Wildman–Crippen LogP) is 4.78. The van der Waals surface area contributed by atoms with Crippen LogP contribution < -0.4 is 5.32 Å². The molecule has 0 heterocycles. The van der Waals surface area contributed by atoms with Gasteiger partial charge < -0.3 is 5.32 Å². The van der Waals surface area contributed by atoms with Gasteiger partial charge in [-0.25, -0.2) is 0 Å². The standard InChI is InChI=1S/C16H16IN/c17-14-7-9-15(10-8-14)18-11-13-3-1-2-4-16(13)12-5-6-12/h1-4,7-10,12,18H,5-6,11H2. The summed E-state index contributed by atoms with van der Waals surface area (Å²) in [5.41, 5.74) is 4.18. The third-order valence-electron chi connectivity index (χ3n) is 3.40. The van der Waals surface area contributed by atoms with Crippen LogP contribution in [-0.2, 0) is 6.54 Å². The molecular formula is C16H16IN. The highest BCUT2D eigenvalue weighted by Crippen LogP contribution is 2.41. The van der Waals surface area contributed by atoms with E-state index < -0.39 is 0 Å². The summed E-state index contributed by atoms with van der Waals surface area (Å²) >= 11 is 2.33. The molecular weight excluding hydrogens is 333 g/mol. The van der Waals surface area contributed by atoms with Crippen molar-refractivity contribution in [3.8, 4) is 0 Å². The van der Waals surface area contributed by atoms with E-state index in [0.717, 1.165) is 12.5 Å². The lowest BCUT2D eigenvalue weighted by atomic mass is 10.0. The molecule has 3 rings (SSSR count). The van der Waals surface area contributed by atoms with E-state index in [-0.39, 0.29) is 0 Å². The summed E-state index contributed by atoms with van der Waals surface area (Å²) in [6, 6.07) is 17.4. The Morgan fingerprint density at radius 1 is 1.00 bits per heavy atom. The largest absolute Gasteiger partial charge is 0.381 e. The zero-order valence-electron chi connectivity index (χ0n) is 10.2. The van der Waals surface area contributed by atoms with Crippen LogP contribution in [0.15, 0.2) is 48.5 Å². The first-order chi connectivity index (χ1) is 8.83. The Kier molecular flexibility index (Phi) is 3.55. The van der Waals surface area contributed by atoms with E-state index in [9.17, 15) is 0 Å². The topological polar surface area (TPSA) is 12.0 Å². The Bertz CT molecular complexity index is 529. The molecule has 2 aromatic rings. The Morgan fingerprint density at radius 2 is 1.72 bits per heavy atom. The Labute approximate surface area is 122 Å². The van der Waals surface area contributed by atoms with Gasteiger partial charge in [0.1, 0.15) is 0 Å². The zero-order chi connectivity index (χ0) is 12.4. The minimum absolute atomic E-state index is 0.819. The number of hydrogen-bond donors (Lipinski definition) is 1. The molecule has 0 aromatic heterocycles. The molecule has 0 unspecified atom stereocenters. The van der Waals surface area contributed by atoms with Crippen LogP contribution >= 0.6 is 22.6 Å². The van der Waals surface area contributed by atoms with Crippen LogP contribution in [0.1, 0.15) is 29.9 Å². The average molecular weight is 349 g/mol. The minimum atomic E-state index is 0.819. The van der Waals surface area contributed by atoms with E-state index in [4.69, 9.17) is 0 Å². The van der Waals surface area contributed by atoms with Crippen molar-refractivity contribution in [2.24, 2.45) is 0 Å². The molecule has 1 aliphatic rings. The van der Waals surface area contributed by atoms with Gasteiger partial charge in [-0.05, 0) is 76.7 Å². The third kappa shape index (κ3) is 2.86. The summed E-state index contributed by atoms with van der Waals surface area (Å²) in [7, 11) is 0. The van der Waals surface area contributed by atoms with Crippen LogP contribution in [0.4, 0.5) is 5.69 Å². The van der Waals surface area contributed by atoms with Crippen LogP contribution in [0.25, 0.3) is 0 Å². The van der Waals surface area contributed by atoms with Gasteiger partial charge in [-0.1, -0.05) is 24.3 Å². The fourth-order valence-corrected chi connectivity index (χ4v) is 2.61. The van der Waals surface area contributed by atoms with E-state index in [1.165, 1.54) is 33.2 Å². The summed E-state index contributed by atoms with van der Waals surface area (Å²) in [6.07, 6.45) is 2.72. The zero-order valence-corrected chi connectivity index (χ0v) is 12.4. The first kappa shape index (κ1) is 12.0. The molecule has 1 fully saturated rings. The summed E-state index contributed by atoms with van der Waals surface area (Å²) in [5.74, 6) is 0.819. The molecule has 0 atom stereocenters. The van der Waals surface area contributed by atoms with Gasteiger partial charge in [0.2, 0.25) is 0 Å². The molecule has 1 N–H and O–H groups in total. The second kappa shape index (κ2) is 5.31. The van der Waals surface area contributed by atoms with Crippen molar-refractivity contribution >= 4 is 28.3 Å². The van der Waals surface area contributed by atoms with Crippen molar-refractivity contribution in [1.82, 2.24) is 0 Å². The van der Waals surface area contributed by atoms with Crippen molar-refractivity contribution < 1.29 is 0 Å². The van der Waals surface area contributed by atoms with E-state index >= 15 is 0 Å². The van der Waals surface area contributed by atoms with E-state index in [0.29, 0.717) is 0 Å².